The Balaban J connectivity index is 1.25. The van der Waals surface area contributed by atoms with Gasteiger partial charge in [-0.15, -0.1) is 0 Å². The van der Waals surface area contributed by atoms with Crippen molar-refractivity contribution >= 4 is 64.8 Å². The van der Waals surface area contributed by atoms with Crippen molar-refractivity contribution in [2.45, 2.75) is 25.7 Å². The summed E-state index contributed by atoms with van der Waals surface area (Å²) in [5.74, 6) is 0. The summed E-state index contributed by atoms with van der Waals surface area (Å²) >= 11 is 3.23. The van der Waals surface area contributed by atoms with Gasteiger partial charge in [-0.3, -0.25) is 10.9 Å². The predicted octanol–water partition coefficient (Wildman–Crippen LogP) is 5.72. The molecular formula is C20H18N6S2. The second-order valence-corrected chi connectivity index (χ2v) is 8.64. The molecule has 1 saturated carbocycles. The van der Waals surface area contributed by atoms with Crippen molar-refractivity contribution in [3.8, 4) is 0 Å². The van der Waals surface area contributed by atoms with E-state index >= 15 is 0 Å². The minimum absolute atomic E-state index is 0.774. The molecule has 2 aromatic carbocycles. The molecule has 2 aromatic heterocycles. The van der Waals surface area contributed by atoms with Gasteiger partial charge in [0.1, 0.15) is 0 Å². The highest BCUT2D eigenvalue weighted by molar-refractivity contribution is 7.22. The van der Waals surface area contributed by atoms with E-state index in [0.29, 0.717) is 0 Å². The van der Waals surface area contributed by atoms with Gasteiger partial charge in [-0.1, -0.05) is 46.9 Å². The van der Waals surface area contributed by atoms with Gasteiger partial charge in [0.15, 0.2) is 0 Å². The molecule has 0 spiro atoms. The first-order chi connectivity index (χ1) is 13.8. The number of nitrogens with one attached hydrogen (secondary N) is 2. The molecule has 1 aliphatic carbocycles. The van der Waals surface area contributed by atoms with Gasteiger partial charge >= 0.3 is 0 Å². The van der Waals surface area contributed by atoms with Crippen molar-refractivity contribution in [2.24, 2.45) is 10.2 Å². The quantitative estimate of drug-likeness (QED) is 0.425. The lowest BCUT2D eigenvalue weighted by Crippen LogP contribution is -2.17. The number of hydrogen-bond acceptors (Lipinski definition) is 8. The molecule has 4 aromatic rings. The van der Waals surface area contributed by atoms with E-state index in [2.05, 4.69) is 43.2 Å². The minimum Gasteiger partial charge on any atom is -0.253 e. The van der Waals surface area contributed by atoms with Crippen LogP contribution in [0.4, 0.5) is 10.3 Å². The maximum Gasteiger partial charge on any atom is 0.204 e. The van der Waals surface area contributed by atoms with Crippen molar-refractivity contribution < 1.29 is 0 Å². The fourth-order valence-electron chi connectivity index (χ4n) is 3.19. The lowest BCUT2D eigenvalue weighted by Gasteiger charge is -2.15. The van der Waals surface area contributed by atoms with E-state index in [1.165, 1.54) is 0 Å². The molecule has 5 rings (SSSR count). The predicted molar refractivity (Wildman–Crippen MR) is 120 cm³/mol. The first kappa shape index (κ1) is 17.3. The zero-order valence-corrected chi connectivity index (χ0v) is 16.7. The van der Waals surface area contributed by atoms with Gasteiger partial charge in [0.25, 0.3) is 0 Å². The van der Waals surface area contributed by atoms with Crippen LogP contribution >= 0.6 is 22.7 Å². The summed E-state index contributed by atoms with van der Waals surface area (Å²) < 4.78 is 2.33. The summed E-state index contributed by atoms with van der Waals surface area (Å²) in [5, 5.41) is 10.8. The fourth-order valence-corrected chi connectivity index (χ4v) is 4.81. The van der Waals surface area contributed by atoms with Crippen molar-refractivity contribution in [2.75, 3.05) is 10.9 Å². The van der Waals surface area contributed by atoms with Gasteiger partial charge in [-0.05, 0) is 43.5 Å². The molecule has 0 aliphatic heterocycles. The maximum atomic E-state index is 4.58. The number of rotatable bonds is 4. The average Bonchev–Trinajstić information content (AvgIpc) is 3.34. The van der Waals surface area contributed by atoms with E-state index < -0.39 is 0 Å². The van der Waals surface area contributed by atoms with Crippen LogP contribution in [0.25, 0.3) is 20.4 Å². The number of thiazole rings is 2. The third kappa shape index (κ3) is 3.74. The van der Waals surface area contributed by atoms with Crippen molar-refractivity contribution in [1.29, 1.82) is 0 Å². The highest BCUT2D eigenvalue weighted by Crippen LogP contribution is 2.27. The topological polar surface area (TPSA) is 74.6 Å². The molecule has 0 radical (unpaired) electrons. The Kier molecular flexibility index (Phi) is 4.72. The summed E-state index contributed by atoms with van der Waals surface area (Å²) in [5.41, 5.74) is 10.5. The molecule has 2 N–H and O–H groups in total. The van der Waals surface area contributed by atoms with Crippen LogP contribution in [0.1, 0.15) is 25.7 Å². The molecule has 1 aliphatic rings. The van der Waals surface area contributed by atoms with Crippen LogP contribution in [0.3, 0.4) is 0 Å². The van der Waals surface area contributed by atoms with Crippen LogP contribution in [0, 0.1) is 0 Å². The van der Waals surface area contributed by atoms with Gasteiger partial charge in [-0.25, -0.2) is 9.97 Å². The lowest BCUT2D eigenvalue weighted by molar-refractivity contribution is 0.867. The molecule has 2 heterocycles. The highest BCUT2D eigenvalue weighted by Gasteiger charge is 2.14. The fraction of sp³-hybridized carbons (Fsp3) is 0.200. The molecular weight excluding hydrogens is 388 g/mol. The lowest BCUT2D eigenvalue weighted by atomic mass is 9.97. The molecule has 0 saturated heterocycles. The minimum atomic E-state index is 0.774. The van der Waals surface area contributed by atoms with Gasteiger partial charge in [-0.2, -0.15) is 10.2 Å². The molecule has 140 valence electrons. The number of fused-ring (bicyclic) bond motifs is 2. The van der Waals surface area contributed by atoms with Gasteiger partial charge in [0.2, 0.25) is 10.3 Å². The first-order valence-electron chi connectivity index (χ1n) is 9.17. The molecule has 6 nitrogen and oxygen atoms in total. The normalized spacial score (nSPS) is 17.6. The first-order valence-corrected chi connectivity index (χ1v) is 10.8. The standard InChI is InChI=1S/C20H18N6S2/c1-3-10-17-15(8-1)21-19(27-17)25-23-13-6-5-7-14(12-13)24-26-20-22-16-9-2-4-11-18(16)28-20/h1-4,8-11H,5-7,12H2,(H,21,25)(H,22,26)/b23-13-,24-14+. The zero-order chi connectivity index (χ0) is 18.8. The Bertz CT molecular complexity index is 1030. The number of anilines is 2. The second-order valence-electron chi connectivity index (χ2n) is 6.58. The van der Waals surface area contributed by atoms with Gasteiger partial charge in [0, 0.05) is 17.8 Å². The Morgan fingerprint density at radius 3 is 1.71 bits per heavy atom. The molecule has 0 bridgehead atoms. The number of hydrazone groups is 2. The van der Waals surface area contributed by atoms with E-state index in [1.807, 2.05) is 36.4 Å². The SMILES string of the molecule is c1ccc2sc(N/N=C3/CCC/C(=N\Nc4nc5ccccc5s4)C3)nc2c1. The van der Waals surface area contributed by atoms with Gasteiger partial charge < -0.3 is 0 Å². The molecule has 28 heavy (non-hydrogen) atoms. The van der Waals surface area contributed by atoms with Crippen molar-refractivity contribution in [3.63, 3.8) is 0 Å². The van der Waals surface area contributed by atoms with Crippen LogP contribution < -0.4 is 10.9 Å². The van der Waals surface area contributed by atoms with E-state index in [4.69, 9.17) is 0 Å². The number of aromatic nitrogens is 2. The zero-order valence-electron chi connectivity index (χ0n) is 15.1. The Morgan fingerprint density at radius 1 is 0.714 bits per heavy atom. The Labute approximate surface area is 170 Å². The van der Waals surface area contributed by atoms with Crippen LogP contribution in [0.15, 0.2) is 58.7 Å². The third-order valence-electron chi connectivity index (χ3n) is 4.55. The smallest absolute Gasteiger partial charge is 0.204 e. The Hall–Kier alpha value is -2.84. The number of benzene rings is 2. The Morgan fingerprint density at radius 2 is 1.21 bits per heavy atom. The van der Waals surface area contributed by atoms with E-state index in [9.17, 15) is 0 Å². The maximum absolute atomic E-state index is 4.58. The molecule has 0 atom stereocenters. The van der Waals surface area contributed by atoms with Crippen LogP contribution in [-0.2, 0) is 0 Å². The molecule has 0 amide bonds. The van der Waals surface area contributed by atoms with Crippen molar-refractivity contribution in [1.82, 2.24) is 9.97 Å². The summed E-state index contributed by atoms with van der Waals surface area (Å²) in [4.78, 5) is 9.13. The summed E-state index contributed by atoms with van der Waals surface area (Å²) in [7, 11) is 0. The molecule has 0 unspecified atom stereocenters. The van der Waals surface area contributed by atoms with E-state index in [0.717, 1.165) is 67.8 Å². The van der Waals surface area contributed by atoms with Crippen LogP contribution in [0.5, 0.6) is 0 Å². The summed E-state index contributed by atoms with van der Waals surface area (Å²) in [6.45, 7) is 0. The summed E-state index contributed by atoms with van der Waals surface area (Å²) in [6.07, 6.45) is 3.80. The third-order valence-corrected chi connectivity index (χ3v) is 6.43. The molecule has 1 fully saturated rings. The largest absolute Gasteiger partial charge is 0.253 e. The number of hydrogen-bond donors (Lipinski definition) is 2. The summed E-state index contributed by atoms with van der Waals surface area (Å²) in [6, 6.07) is 16.2. The van der Waals surface area contributed by atoms with Gasteiger partial charge in [0.05, 0.1) is 20.4 Å². The molecule has 8 heteroatoms. The average molecular weight is 407 g/mol. The van der Waals surface area contributed by atoms with E-state index in [1.54, 1.807) is 22.7 Å². The van der Waals surface area contributed by atoms with Crippen molar-refractivity contribution in [3.05, 3.63) is 48.5 Å². The number of nitrogens with zero attached hydrogens (tertiary/aromatic N) is 4. The van der Waals surface area contributed by atoms with E-state index in [-0.39, 0.29) is 0 Å². The van der Waals surface area contributed by atoms with Crippen LogP contribution in [0.2, 0.25) is 0 Å². The highest BCUT2D eigenvalue weighted by atomic mass is 32.1. The number of para-hydroxylation sites is 2. The monoisotopic (exact) mass is 406 g/mol. The van der Waals surface area contributed by atoms with Crippen LogP contribution in [-0.4, -0.2) is 21.4 Å². The second kappa shape index (κ2) is 7.65.